The van der Waals surface area contributed by atoms with E-state index in [4.69, 9.17) is 9.47 Å². The zero-order valence-corrected chi connectivity index (χ0v) is 12.2. The van der Waals surface area contributed by atoms with Crippen molar-refractivity contribution in [3.63, 3.8) is 0 Å². The van der Waals surface area contributed by atoms with Crippen molar-refractivity contribution in [2.24, 2.45) is 0 Å². The molecule has 1 aromatic carbocycles. The Morgan fingerprint density at radius 3 is 2.26 bits per heavy atom. The third-order valence-corrected chi connectivity index (χ3v) is 2.79. The molecule has 0 aromatic heterocycles. The molecule has 0 aliphatic carbocycles. The maximum Gasteiger partial charge on any atom is 0.111 e. The molecule has 1 aromatic rings. The van der Waals surface area contributed by atoms with Gasteiger partial charge in [0.1, 0.15) is 6.61 Å². The predicted octanol–water partition coefficient (Wildman–Crippen LogP) is 4.52. The summed E-state index contributed by atoms with van der Waals surface area (Å²) in [4.78, 5) is 0. The minimum Gasteiger partial charge on any atom is -0.498 e. The third kappa shape index (κ3) is 5.75. The van der Waals surface area contributed by atoms with Gasteiger partial charge in [-0.05, 0) is 37.0 Å². The second-order valence-corrected chi connectivity index (χ2v) is 4.64. The van der Waals surface area contributed by atoms with E-state index in [0.717, 1.165) is 24.2 Å². The Bertz CT molecular complexity index is 415. The van der Waals surface area contributed by atoms with Crippen LogP contribution in [0.4, 0.5) is 0 Å². The predicted molar refractivity (Wildman–Crippen MR) is 81.9 cm³/mol. The first-order chi connectivity index (χ1) is 9.15. The number of benzene rings is 1. The molecule has 0 bridgehead atoms. The zero-order chi connectivity index (χ0) is 14.1. The van der Waals surface area contributed by atoms with Gasteiger partial charge in [-0.25, -0.2) is 0 Å². The summed E-state index contributed by atoms with van der Waals surface area (Å²) in [5.41, 5.74) is 4.53. The summed E-state index contributed by atoms with van der Waals surface area (Å²) < 4.78 is 10.8. The first-order valence-corrected chi connectivity index (χ1v) is 6.77. The van der Waals surface area contributed by atoms with Crippen molar-refractivity contribution >= 4 is 11.1 Å². The zero-order valence-electron chi connectivity index (χ0n) is 12.2. The van der Waals surface area contributed by atoms with Gasteiger partial charge in [0.25, 0.3) is 0 Å². The van der Waals surface area contributed by atoms with E-state index in [1.54, 1.807) is 6.26 Å². The van der Waals surface area contributed by atoms with Gasteiger partial charge in [0.15, 0.2) is 0 Å². The minimum atomic E-state index is 0.598. The van der Waals surface area contributed by atoms with Crippen LogP contribution in [-0.2, 0) is 9.47 Å². The molecule has 0 aliphatic heterocycles. The van der Waals surface area contributed by atoms with E-state index >= 15 is 0 Å². The van der Waals surface area contributed by atoms with E-state index in [9.17, 15) is 0 Å². The Morgan fingerprint density at radius 2 is 1.68 bits per heavy atom. The molecule has 0 amide bonds. The third-order valence-electron chi connectivity index (χ3n) is 2.79. The van der Waals surface area contributed by atoms with E-state index in [0.29, 0.717) is 13.2 Å². The number of allylic oxidation sites excluding steroid dienone is 2. The molecular weight excluding hydrogens is 236 g/mol. The molecule has 0 spiro atoms. The molecule has 0 heterocycles. The van der Waals surface area contributed by atoms with Crippen LogP contribution < -0.4 is 0 Å². The number of hydrogen-bond acceptors (Lipinski definition) is 2. The van der Waals surface area contributed by atoms with E-state index in [1.165, 1.54) is 11.1 Å². The summed E-state index contributed by atoms with van der Waals surface area (Å²) >= 11 is 0. The van der Waals surface area contributed by atoms with Gasteiger partial charge in [-0.3, -0.25) is 0 Å². The molecule has 19 heavy (non-hydrogen) atoms. The number of rotatable bonds is 8. The normalized spacial score (nSPS) is 11.4. The van der Waals surface area contributed by atoms with Gasteiger partial charge in [0.2, 0.25) is 0 Å². The lowest BCUT2D eigenvalue weighted by atomic mass is 10.0. The second-order valence-electron chi connectivity index (χ2n) is 4.64. The standard InChI is InChI=1S/C17H24O2/c1-5-10-18-11-12-19-13-15(4)17-8-6-16(7-9-17)14(2)3/h6-9,13H,2,5,10-12H2,1,3-4H3/b15-13+. The van der Waals surface area contributed by atoms with E-state index < -0.39 is 0 Å². The van der Waals surface area contributed by atoms with Crippen LogP contribution in [0.1, 0.15) is 38.3 Å². The van der Waals surface area contributed by atoms with Gasteiger partial charge >= 0.3 is 0 Å². The van der Waals surface area contributed by atoms with E-state index in [2.05, 4.69) is 37.8 Å². The first-order valence-electron chi connectivity index (χ1n) is 6.77. The largest absolute Gasteiger partial charge is 0.498 e. The van der Waals surface area contributed by atoms with Crippen LogP contribution in [0.3, 0.4) is 0 Å². The molecule has 0 saturated carbocycles. The highest BCUT2D eigenvalue weighted by Crippen LogP contribution is 2.17. The summed E-state index contributed by atoms with van der Waals surface area (Å²) in [6.45, 7) is 12.1. The fourth-order valence-electron chi connectivity index (χ4n) is 1.62. The Hall–Kier alpha value is -1.54. The number of hydrogen-bond donors (Lipinski definition) is 0. The van der Waals surface area contributed by atoms with Crippen LogP contribution in [0.15, 0.2) is 37.1 Å². The van der Waals surface area contributed by atoms with Crippen molar-refractivity contribution in [1.82, 2.24) is 0 Å². The SMILES string of the molecule is C=C(C)c1ccc(/C(C)=C/OCCOCCC)cc1. The Morgan fingerprint density at radius 1 is 1.05 bits per heavy atom. The van der Waals surface area contributed by atoms with Crippen LogP contribution in [0, 0.1) is 0 Å². The first kappa shape index (κ1) is 15.5. The summed E-state index contributed by atoms with van der Waals surface area (Å²) in [5, 5.41) is 0. The van der Waals surface area contributed by atoms with Crippen LogP contribution in [-0.4, -0.2) is 19.8 Å². The molecule has 0 saturated heterocycles. The van der Waals surface area contributed by atoms with Crippen molar-refractivity contribution in [2.45, 2.75) is 27.2 Å². The highest BCUT2D eigenvalue weighted by molar-refractivity contribution is 5.67. The Kier molecular flexibility index (Phi) is 6.98. The molecule has 0 fully saturated rings. The highest BCUT2D eigenvalue weighted by Gasteiger charge is 1.97. The van der Waals surface area contributed by atoms with Gasteiger partial charge in [-0.1, -0.05) is 43.3 Å². The van der Waals surface area contributed by atoms with Gasteiger partial charge in [-0.15, -0.1) is 0 Å². The lowest BCUT2D eigenvalue weighted by Crippen LogP contribution is -2.02. The molecule has 0 atom stereocenters. The molecule has 2 heteroatoms. The fraction of sp³-hybridized carbons (Fsp3) is 0.412. The quantitative estimate of drug-likeness (QED) is 0.505. The highest BCUT2D eigenvalue weighted by atomic mass is 16.5. The Labute approximate surface area is 116 Å². The minimum absolute atomic E-state index is 0.598. The molecule has 1 rings (SSSR count). The molecular formula is C17H24O2. The molecule has 0 radical (unpaired) electrons. The maximum atomic E-state index is 5.47. The average Bonchev–Trinajstić information content (AvgIpc) is 2.42. The van der Waals surface area contributed by atoms with Crippen LogP contribution in [0.5, 0.6) is 0 Å². The second kappa shape index (κ2) is 8.54. The summed E-state index contributed by atoms with van der Waals surface area (Å²) in [7, 11) is 0. The molecule has 104 valence electrons. The van der Waals surface area contributed by atoms with Crippen molar-refractivity contribution < 1.29 is 9.47 Å². The van der Waals surface area contributed by atoms with E-state index in [1.807, 2.05) is 13.8 Å². The van der Waals surface area contributed by atoms with Crippen LogP contribution in [0.25, 0.3) is 11.1 Å². The van der Waals surface area contributed by atoms with E-state index in [-0.39, 0.29) is 0 Å². The van der Waals surface area contributed by atoms with Crippen LogP contribution in [0.2, 0.25) is 0 Å². The summed E-state index contributed by atoms with van der Waals surface area (Å²) in [6, 6.07) is 8.35. The molecule has 0 aliphatic rings. The van der Waals surface area contributed by atoms with Crippen molar-refractivity contribution in [2.75, 3.05) is 19.8 Å². The van der Waals surface area contributed by atoms with Crippen LogP contribution >= 0.6 is 0 Å². The van der Waals surface area contributed by atoms with Crippen molar-refractivity contribution in [1.29, 1.82) is 0 Å². The molecule has 0 N–H and O–H groups in total. The average molecular weight is 260 g/mol. The lowest BCUT2D eigenvalue weighted by molar-refractivity contribution is 0.0856. The van der Waals surface area contributed by atoms with Gasteiger partial charge in [-0.2, -0.15) is 0 Å². The smallest absolute Gasteiger partial charge is 0.111 e. The summed E-state index contributed by atoms with van der Waals surface area (Å²) in [6.07, 6.45) is 2.84. The van der Waals surface area contributed by atoms with Gasteiger partial charge in [0.05, 0.1) is 12.9 Å². The number of ether oxygens (including phenoxy) is 2. The summed E-state index contributed by atoms with van der Waals surface area (Å²) in [5.74, 6) is 0. The molecule has 0 unspecified atom stereocenters. The monoisotopic (exact) mass is 260 g/mol. The van der Waals surface area contributed by atoms with Crippen molar-refractivity contribution in [3.05, 3.63) is 48.2 Å². The lowest BCUT2D eigenvalue weighted by Gasteiger charge is -2.06. The topological polar surface area (TPSA) is 18.5 Å². The molecule has 2 nitrogen and oxygen atoms in total. The maximum absolute atomic E-state index is 5.47. The fourth-order valence-corrected chi connectivity index (χ4v) is 1.62. The van der Waals surface area contributed by atoms with Gasteiger partial charge < -0.3 is 9.47 Å². The Balaban J connectivity index is 2.43. The van der Waals surface area contributed by atoms with Crippen molar-refractivity contribution in [3.8, 4) is 0 Å². The van der Waals surface area contributed by atoms with Gasteiger partial charge in [0, 0.05) is 6.61 Å².